The summed E-state index contributed by atoms with van der Waals surface area (Å²) in [4.78, 5) is 10.3. The highest BCUT2D eigenvalue weighted by atomic mass is 32.2. The molecule has 1 aromatic rings. The van der Waals surface area contributed by atoms with E-state index in [-0.39, 0.29) is 11.3 Å². The van der Waals surface area contributed by atoms with Crippen molar-refractivity contribution in [3.63, 3.8) is 0 Å². The second-order valence-corrected chi connectivity index (χ2v) is 8.14. The molecule has 1 rings (SSSR count). The number of benzene rings is 1. The fourth-order valence-electron chi connectivity index (χ4n) is 2.39. The molecule has 0 heterocycles. The van der Waals surface area contributed by atoms with Gasteiger partial charge < -0.3 is 10.4 Å². The van der Waals surface area contributed by atoms with Gasteiger partial charge in [-0.1, -0.05) is 32.4 Å². The first kappa shape index (κ1) is 21.2. The van der Waals surface area contributed by atoms with E-state index in [0.29, 0.717) is 13.0 Å². The number of anilines is 1. The van der Waals surface area contributed by atoms with E-state index in [4.69, 9.17) is 5.11 Å². The molecule has 0 aromatic heterocycles. The number of allylic oxidation sites excluding steroid dienone is 1. The third-order valence-corrected chi connectivity index (χ3v) is 5.26. The molecule has 0 aliphatic heterocycles. The summed E-state index contributed by atoms with van der Waals surface area (Å²) in [5.41, 5.74) is 1.90. The Labute approximate surface area is 149 Å². The van der Waals surface area contributed by atoms with Crippen LogP contribution < -0.4 is 5.32 Å². The molecule has 0 aliphatic carbocycles. The molecule has 0 bridgehead atoms. The maximum atomic E-state index is 11.4. The molecule has 7 heteroatoms. The third kappa shape index (κ3) is 6.17. The predicted molar refractivity (Wildman–Crippen MR) is 98.7 cm³/mol. The minimum atomic E-state index is -4.28. The lowest BCUT2D eigenvalue weighted by Gasteiger charge is -2.29. The van der Waals surface area contributed by atoms with Crippen molar-refractivity contribution in [2.24, 2.45) is 0 Å². The number of hydrogen-bond donors (Lipinski definition) is 3. The van der Waals surface area contributed by atoms with Crippen molar-refractivity contribution in [3.8, 4) is 0 Å². The van der Waals surface area contributed by atoms with Gasteiger partial charge in [0.15, 0.2) is 0 Å². The number of rotatable bonds is 10. The van der Waals surface area contributed by atoms with Crippen molar-refractivity contribution in [2.45, 2.75) is 56.8 Å². The van der Waals surface area contributed by atoms with Crippen molar-refractivity contribution in [2.75, 3.05) is 11.9 Å². The summed E-state index contributed by atoms with van der Waals surface area (Å²) in [6.07, 6.45) is 2.39. The zero-order valence-corrected chi connectivity index (χ0v) is 15.8. The topological polar surface area (TPSA) is 104 Å². The van der Waals surface area contributed by atoms with Crippen molar-refractivity contribution < 1.29 is 22.9 Å². The summed E-state index contributed by atoms with van der Waals surface area (Å²) in [7, 11) is -4.28. The summed E-state index contributed by atoms with van der Waals surface area (Å²) in [6, 6.07) is 4.47. The Morgan fingerprint density at radius 1 is 1.24 bits per heavy atom. The van der Waals surface area contributed by atoms with Crippen molar-refractivity contribution in [1.82, 2.24) is 0 Å². The van der Waals surface area contributed by atoms with Crippen LogP contribution in [-0.4, -0.2) is 30.6 Å². The Kier molecular flexibility index (Phi) is 7.19. The summed E-state index contributed by atoms with van der Waals surface area (Å²) in [5.74, 6) is -0.792. The molecule has 0 spiro atoms. The van der Waals surface area contributed by atoms with Gasteiger partial charge in [-0.15, -0.1) is 0 Å². The standard InChI is InChI=1S/C18H27NO5S/c1-13(2)18(3,4)15-12-14(25(22,23)24)9-10-16(15)19-11-7-5-6-8-17(20)21/h9-10,12,19H,1,5-8,11H2,2-4H3,(H,20,21)(H,22,23,24). The summed E-state index contributed by atoms with van der Waals surface area (Å²) >= 11 is 0. The number of carboxylic acid groups (broad SMARTS) is 1. The lowest BCUT2D eigenvalue weighted by molar-refractivity contribution is -0.137. The number of aliphatic carboxylic acids is 1. The van der Waals surface area contributed by atoms with Crippen molar-refractivity contribution in [3.05, 3.63) is 35.9 Å². The maximum Gasteiger partial charge on any atom is 0.303 e. The summed E-state index contributed by atoms with van der Waals surface area (Å²) < 4.78 is 32.2. The molecule has 0 amide bonds. The van der Waals surface area contributed by atoms with E-state index in [9.17, 15) is 17.8 Å². The fourth-order valence-corrected chi connectivity index (χ4v) is 2.89. The largest absolute Gasteiger partial charge is 0.481 e. The van der Waals surface area contributed by atoms with Crippen LogP contribution in [0, 0.1) is 0 Å². The van der Waals surface area contributed by atoms with Crippen LogP contribution >= 0.6 is 0 Å². The third-order valence-electron chi connectivity index (χ3n) is 4.41. The molecule has 0 saturated heterocycles. The van der Waals surface area contributed by atoms with Gasteiger partial charge in [0, 0.05) is 24.1 Å². The number of carbonyl (C=O) groups is 1. The van der Waals surface area contributed by atoms with E-state index < -0.39 is 21.5 Å². The van der Waals surface area contributed by atoms with Crippen LogP contribution in [0.2, 0.25) is 0 Å². The minimum absolute atomic E-state index is 0.149. The van der Waals surface area contributed by atoms with Gasteiger partial charge in [-0.3, -0.25) is 9.35 Å². The molecule has 1 aromatic carbocycles. The Morgan fingerprint density at radius 3 is 2.40 bits per heavy atom. The van der Waals surface area contributed by atoms with Gasteiger partial charge >= 0.3 is 5.97 Å². The maximum absolute atomic E-state index is 11.4. The molecule has 0 saturated carbocycles. The highest BCUT2D eigenvalue weighted by molar-refractivity contribution is 7.85. The first-order valence-corrected chi connectivity index (χ1v) is 9.64. The van der Waals surface area contributed by atoms with Gasteiger partial charge in [-0.25, -0.2) is 0 Å². The number of hydrogen-bond acceptors (Lipinski definition) is 4. The molecule has 0 fully saturated rings. The molecular formula is C18H27NO5S. The molecule has 0 aliphatic rings. The SMILES string of the molecule is C=C(C)C(C)(C)c1cc(S(=O)(=O)O)ccc1NCCCCCC(=O)O. The number of nitrogens with one attached hydrogen (secondary N) is 1. The smallest absolute Gasteiger partial charge is 0.303 e. The number of carboxylic acids is 1. The van der Waals surface area contributed by atoms with Gasteiger partial charge in [-0.05, 0) is 43.5 Å². The van der Waals surface area contributed by atoms with E-state index in [1.807, 2.05) is 20.8 Å². The molecule has 0 atom stereocenters. The van der Waals surface area contributed by atoms with Gasteiger partial charge in [0.1, 0.15) is 0 Å². The number of unbranched alkanes of at least 4 members (excludes halogenated alkanes) is 2. The Morgan fingerprint density at radius 2 is 1.88 bits per heavy atom. The van der Waals surface area contributed by atoms with Crippen LogP contribution in [-0.2, 0) is 20.3 Å². The second-order valence-electron chi connectivity index (χ2n) is 6.72. The van der Waals surface area contributed by atoms with E-state index in [1.54, 1.807) is 6.07 Å². The van der Waals surface area contributed by atoms with Crippen LogP contribution in [0.15, 0.2) is 35.2 Å². The molecular weight excluding hydrogens is 342 g/mol. The average Bonchev–Trinajstić information content (AvgIpc) is 2.49. The van der Waals surface area contributed by atoms with Crippen LogP contribution in [0.5, 0.6) is 0 Å². The van der Waals surface area contributed by atoms with Gasteiger partial charge in [-0.2, -0.15) is 8.42 Å². The van der Waals surface area contributed by atoms with Crippen LogP contribution in [0.4, 0.5) is 5.69 Å². The van der Waals surface area contributed by atoms with Crippen LogP contribution in [0.3, 0.4) is 0 Å². The van der Waals surface area contributed by atoms with Crippen molar-refractivity contribution in [1.29, 1.82) is 0 Å². The van der Waals surface area contributed by atoms with Gasteiger partial charge in [0.25, 0.3) is 10.1 Å². The predicted octanol–water partition coefficient (Wildman–Crippen LogP) is 3.84. The van der Waals surface area contributed by atoms with E-state index in [1.165, 1.54) is 12.1 Å². The zero-order chi connectivity index (χ0) is 19.3. The molecule has 3 N–H and O–H groups in total. The molecule has 6 nitrogen and oxygen atoms in total. The fraction of sp³-hybridized carbons (Fsp3) is 0.500. The first-order chi connectivity index (χ1) is 11.5. The van der Waals surface area contributed by atoms with Crippen LogP contribution in [0.25, 0.3) is 0 Å². The molecule has 25 heavy (non-hydrogen) atoms. The Balaban J connectivity index is 2.95. The zero-order valence-electron chi connectivity index (χ0n) is 15.0. The quantitative estimate of drug-likeness (QED) is 0.329. The Hall–Kier alpha value is -1.86. The highest BCUT2D eigenvalue weighted by Crippen LogP contribution is 2.36. The van der Waals surface area contributed by atoms with Crippen molar-refractivity contribution >= 4 is 21.8 Å². The molecule has 0 radical (unpaired) electrons. The summed E-state index contributed by atoms with van der Waals surface area (Å²) in [5, 5.41) is 11.9. The van der Waals surface area contributed by atoms with Crippen LogP contribution in [0.1, 0.15) is 52.0 Å². The molecule has 0 unspecified atom stereocenters. The normalized spacial score (nSPS) is 12.0. The van der Waals surface area contributed by atoms with E-state index >= 15 is 0 Å². The first-order valence-electron chi connectivity index (χ1n) is 8.20. The molecule has 140 valence electrons. The lowest BCUT2D eigenvalue weighted by Crippen LogP contribution is -2.21. The van der Waals surface area contributed by atoms with Gasteiger partial charge in [0.2, 0.25) is 0 Å². The Bertz CT molecular complexity index is 738. The van der Waals surface area contributed by atoms with E-state index in [0.717, 1.165) is 29.7 Å². The highest BCUT2D eigenvalue weighted by Gasteiger charge is 2.26. The lowest BCUT2D eigenvalue weighted by atomic mass is 9.78. The summed E-state index contributed by atoms with van der Waals surface area (Å²) in [6.45, 7) is 10.4. The average molecular weight is 369 g/mol. The monoisotopic (exact) mass is 369 g/mol. The minimum Gasteiger partial charge on any atom is -0.481 e. The van der Waals surface area contributed by atoms with Gasteiger partial charge in [0.05, 0.1) is 4.90 Å². The van der Waals surface area contributed by atoms with E-state index in [2.05, 4.69) is 11.9 Å². The second kappa shape index (κ2) is 8.49.